The Balaban J connectivity index is 2.04. The van der Waals surface area contributed by atoms with Crippen LogP contribution in [0, 0.1) is 10.1 Å². The summed E-state index contributed by atoms with van der Waals surface area (Å²) in [7, 11) is -3.53. The Labute approximate surface area is 183 Å². The molecule has 12 heteroatoms. The van der Waals surface area contributed by atoms with Gasteiger partial charge >= 0.3 is 5.97 Å². The Morgan fingerprint density at radius 3 is 2.55 bits per heavy atom. The van der Waals surface area contributed by atoms with Crippen molar-refractivity contribution in [2.75, 3.05) is 15.8 Å². The molecule has 0 radical (unpaired) electrons. The van der Waals surface area contributed by atoms with Crippen molar-refractivity contribution in [3.05, 3.63) is 63.2 Å². The van der Waals surface area contributed by atoms with Gasteiger partial charge in [0.2, 0.25) is 10.0 Å². The van der Waals surface area contributed by atoms with Gasteiger partial charge in [-0.25, -0.2) is 13.2 Å². The van der Waals surface area contributed by atoms with Crippen LogP contribution < -0.4 is 10.0 Å². The van der Waals surface area contributed by atoms with Crippen molar-refractivity contribution >= 4 is 50.6 Å². The van der Waals surface area contributed by atoms with Crippen molar-refractivity contribution in [3.63, 3.8) is 0 Å². The molecule has 1 atom stereocenters. The van der Waals surface area contributed by atoms with Gasteiger partial charge in [0, 0.05) is 17.8 Å². The molecule has 0 spiro atoms. The van der Waals surface area contributed by atoms with Crippen LogP contribution in [-0.2, 0) is 19.6 Å². The van der Waals surface area contributed by atoms with Gasteiger partial charge < -0.3 is 10.1 Å². The van der Waals surface area contributed by atoms with Gasteiger partial charge in [-0.1, -0.05) is 24.6 Å². The average molecular weight is 470 g/mol. The standard InChI is InChI=1S/C19H20ClN3O7S/c1-3-9-31(28,29)22-14-6-4-5-13(10-14)19(25)30-12(2)18(24)21-17-8-7-15(23(26)27)11-16(17)20/h4-8,10-12,22H,3,9H2,1-2H3,(H,21,24). The summed E-state index contributed by atoms with van der Waals surface area (Å²) >= 11 is 5.93. The Morgan fingerprint density at radius 1 is 1.23 bits per heavy atom. The van der Waals surface area contributed by atoms with Crippen LogP contribution in [0.25, 0.3) is 0 Å². The lowest BCUT2D eigenvalue weighted by atomic mass is 10.2. The fraction of sp³-hybridized carbons (Fsp3) is 0.263. The maximum absolute atomic E-state index is 12.4. The number of non-ortho nitro benzene ring substituents is 1. The summed E-state index contributed by atoms with van der Waals surface area (Å²) in [5.41, 5.74) is 0.117. The monoisotopic (exact) mass is 469 g/mol. The van der Waals surface area contributed by atoms with Crippen LogP contribution in [0.15, 0.2) is 42.5 Å². The molecule has 2 rings (SSSR count). The largest absolute Gasteiger partial charge is 0.449 e. The fourth-order valence-corrected chi connectivity index (χ4v) is 3.79. The summed E-state index contributed by atoms with van der Waals surface area (Å²) in [6, 6.07) is 9.19. The molecule has 0 bridgehead atoms. The van der Waals surface area contributed by atoms with Gasteiger partial charge in [-0.3, -0.25) is 19.6 Å². The van der Waals surface area contributed by atoms with E-state index in [4.69, 9.17) is 16.3 Å². The quantitative estimate of drug-likeness (QED) is 0.324. The van der Waals surface area contributed by atoms with Crippen LogP contribution >= 0.6 is 11.6 Å². The molecule has 0 saturated carbocycles. The summed E-state index contributed by atoms with van der Waals surface area (Å²) in [6.07, 6.45) is -0.790. The number of sulfonamides is 1. The highest BCUT2D eigenvalue weighted by Crippen LogP contribution is 2.27. The summed E-state index contributed by atoms with van der Waals surface area (Å²) in [6.45, 7) is 3.06. The molecule has 0 saturated heterocycles. The van der Waals surface area contributed by atoms with Crippen molar-refractivity contribution in [2.45, 2.75) is 26.4 Å². The van der Waals surface area contributed by atoms with E-state index in [9.17, 15) is 28.1 Å². The van der Waals surface area contributed by atoms with Gasteiger partial charge in [0.1, 0.15) is 0 Å². The van der Waals surface area contributed by atoms with E-state index >= 15 is 0 Å². The summed E-state index contributed by atoms with van der Waals surface area (Å²) in [5, 5.41) is 13.1. The number of carbonyl (C=O) groups excluding carboxylic acids is 2. The molecule has 2 N–H and O–H groups in total. The van der Waals surface area contributed by atoms with Crippen LogP contribution in [0.5, 0.6) is 0 Å². The number of hydrogen-bond donors (Lipinski definition) is 2. The smallest absolute Gasteiger partial charge is 0.338 e. The number of carbonyl (C=O) groups is 2. The minimum Gasteiger partial charge on any atom is -0.449 e. The number of benzene rings is 2. The second kappa shape index (κ2) is 10.2. The molecule has 10 nitrogen and oxygen atoms in total. The molecule has 2 aromatic carbocycles. The van der Waals surface area contributed by atoms with Crippen LogP contribution in [0.1, 0.15) is 30.6 Å². The van der Waals surface area contributed by atoms with Crippen LogP contribution in [0.4, 0.5) is 17.1 Å². The van der Waals surface area contributed by atoms with E-state index in [2.05, 4.69) is 10.0 Å². The first-order valence-corrected chi connectivity index (χ1v) is 11.1. The molecule has 31 heavy (non-hydrogen) atoms. The molecular formula is C19H20ClN3O7S. The molecular weight excluding hydrogens is 450 g/mol. The molecule has 0 fully saturated rings. The predicted molar refractivity (Wildman–Crippen MR) is 116 cm³/mol. The number of esters is 1. The second-order valence-corrected chi connectivity index (χ2v) is 8.71. The van der Waals surface area contributed by atoms with Gasteiger partial charge in [0.15, 0.2) is 6.10 Å². The number of amides is 1. The first kappa shape index (κ1) is 24.1. The predicted octanol–water partition coefficient (Wildman–Crippen LogP) is 3.58. The Hall–Kier alpha value is -3.18. The number of nitrogens with zero attached hydrogens (tertiary/aromatic N) is 1. The fourth-order valence-electron chi connectivity index (χ4n) is 2.44. The van der Waals surface area contributed by atoms with Crippen molar-refractivity contribution in [3.8, 4) is 0 Å². The molecule has 0 aliphatic rings. The van der Waals surface area contributed by atoms with E-state index in [1.807, 2.05) is 0 Å². The number of nitro groups is 1. The lowest BCUT2D eigenvalue weighted by Crippen LogP contribution is -2.30. The zero-order valence-electron chi connectivity index (χ0n) is 16.6. The highest BCUT2D eigenvalue weighted by molar-refractivity contribution is 7.92. The van der Waals surface area contributed by atoms with E-state index in [-0.39, 0.29) is 33.4 Å². The summed E-state index contributed by atoms with van der Waals surface area (Å²) in [4.78, 5) is 34.8. The number of hydrogen-bond acceptors (Lipinski definition) is 7. The molecule has 0 aromatic heterocycles. The minimum absolute atomic E-state index is 0.0460. The first-order valence-electron chi connectivity index (χ1n) is 9.08. The normalized spacial score (nSPS) is 12.0. The van der Waals surface area contributed by atoms with Crippen molar-refractivity contribution < 1.29 is 27.7 Å². The molecule has 0 aliphatic heterocycles. The molecule has 0 aliphatic carbocycles. The number of halogens is 1. The molecule has 166 valence electrons. The maximum Gasteiger partial charge on any atom is 0.338 e. The SMILES string of the molecule is CCCS(=O)(=O)Nc1cccc(C(=O)OC(C)C(=O)Nc2ccc([N+](=O)[O-])cc2Cl)c1. The maximum atomic E-state index is 12.4. The van der Waals surface area contributed by atoms with Crippen molar-refractivity contribution in [1.29, 1.82) is 0 Å². The van der Waals surface area contributed by atoms with E-state index in [1.54, 1.807) is 6.92 Å². The van der Waals surface area contributed by atoms with Gasteiger partial charge in [0.05, 0.1) is 26.9 Å². The lowest BCUT2D eigenvalue weighted by molar-refractivity contribution is -0.384. The van der Waals surface area contributed by atoms with Crippen LogP contribution in [0.3, 0.4) is 0 Å². The van der Waals surface area contributed by atoms with Gasteiger partial charge in [-0.05, 0) is 37.6 Å². The lowest BCUT2D eigenvalue weighted by Gasteiger charge is -2.15. The number of anilines is 2. The zero-order valence-corrected chi connectivity index (χ0v) is 18.2. The van der Waals surface area contributed by atoms with Gasteiger partial charge in [-0.2, -0.15) is 0 Å². The van der Waals surface area contributed by atoms with Crippen LogP contribution in [-0.4, -0.2) is 37.1 Å². The number of rotatable bonds is 9. The summed E-state index contributed by atoms with van der Waals surface area (Å²) < 4.78 is 31.2. The number of nitro benzene ring substituents is 1. The molecule has 0 heterocycles. The molecule has 1 unspecified atom stereocenters. The first-order chi connectivity index (χ1) is 14.5. The second-order valence-electron chi connectivity index (χ2n) is 6.46. The highest BCUT2D eigenvalue weighted by Gasteiger charge is 2.21. The van der Waals surface area contributed by atoms with Crippen molar-refractivity contribution in [1.82, 2.24) is 0 Å². The van der Waals surface area contributed by atoms with Gasteiger partial charge in [0.25, 0.3) is 11.6 Å². The Bertz CT molecular complexity index is 1110. The van der Waals surface area contributed by atoms with E-state index in [0.29, 0.717) is 6.42 Å². The van der Waals surface area contributed by atoms with E-state index in [1.165, 1.54) is 43.3 Å². The summed E-state index contributed by atoms with van der Waals surface area (Å²) in [5.74, 6) is -1.61. The third-order valence-electron chi connectivity index (χ3n) is 3.92. The Kier molecular flexibility index (Phi) is 7.95. The van der Waals surface area contributed by atoms with Gasteiger partial charge in [-0.15, -0.1) is 0 Å². The zero-order chi connectivity index (χ0) is 23.2. The minimum atomic E-state index is -3.53. The topological polar surface area (TPSA) is 145 Å². The third-order valence-corrected chi connectivity index (χ3v) is 5.72. The number of ether oxygens (including phenoxy) is 1. The van der Waals surface area contributed by atoms with Crippen LogP contribution in [0.2, 0.25) is 5.02 Å². The van der Waals surface area contributed by atoms with E-state index < -0.39 is 32.9 Å². The number of nitrogens with one attached hydrogen (secondary N) is 2. The highest BCUT2D eigenvalue weighted by atomic mass is 35.5. The average Bonchev–Trinajstić information content (AvgIpc) is 2.68. The third kappa shape index (κ3) is 6.93. The Morgan fingerprint density at radius 2 is 1.94 bits per heavy atom. The molecule has 1 amide bonds. The molecule has 2 aromatic rings. The van der Waals surface area contributed by atoms with E-state index in [0.717, 1.165) is 6.07 Å². The van der Waals surface area contributed by atoms with Crippen molar-refractivity contribution in [2.24, 2.45) is 0 Å².